The molecule has 0 aliphatic heterocycles. The molecule has 22 heavy (non-hydrogen) atoms. The lowest BCUT2D eigenvalue weighted by Gasteiger charge is -2.21. The van der Waals surface area contributed by atoms with E-state index in [1.165, 1.54) is 30.2 Å². The van der Waals surface area contributed by atoms with Crippen LogP contribution in [-0.2, 0) is 20.6 Å². The summed E-state index contributed by atoms with van der Waals surface area (Å²) in [6.07, 6.45) is 0. The zero-order valence-electron chi connectivity index (χ0n) is 13.7. The number of amides is 1. The Morgan fingerprint density at radius 1 is 1.23 bits per heavy atom. The Hall–Kier alpha value is -1.05. The summed E-state index contributed by atoms with van der Waals surface area (Å²) in [5.41, 5.74) is 0.896. The molecule has 0 aromatic heterocycles. The van der Waals surface area contributed by atoms with Gasteiger partial charge in [-0.05, 0) is 31.5 Å². The summed E-state index contributed by atoms with van der Waals surface area (Å²) in [6, 6.07) is 7.04. The van der Waals surface area contributed by atoms with Crippen LogP contribution in [0.2, 0.25) is 0 Å². The number of rotatable bonds is 7. The fourth-order valence-corrected chi connectivity index (χ4v) is 3.52. The Morgan fingerprint density at radius 3 is 2.41 bits per heavy atom. The SMILES string of the molecule is CC(C)N(C)C(=O)CSCc1cccc(S(=O)(=O)N(C)C)c1. The fraction of sp³-hybridized carbons (Fsp3) is 0.533. The first-order valence-electron chi connectivity index (χ1n) is 7.01. The first-order chi connectivity index (χ1) is 10.2. The van der Waals surface area contributed by atoms with Crippen molar-refractivity contribution in [1.82, 2.24) is 9.21 Å². The van der Waals surface area contributed by atoms with Crippen molar-refractivity contribution in [3.63, 3.8) is 0 Å². The summed E-state index contributed by atoms with van der Waals surface area (Å²) in [5, 5.41) is 0. The second-order valence-corrected chi connectivity index (χ2v) is 8.66. The normalized spacial score (nSPS) is 12.0. The Balaban J connectivity index is 2.67. The minimum Gasteiger partial charge on any atom is -0.343 e. The van der Waals surface area contributed by atoms with Gasteiger partial charge in [0.15, 0.2) is 0 Å². The molecule has 5 nitrogen and oxygen atoms in total. The molecule has 0 aliphatic rings. The first kappa shape index (κ1) is 19.0. The van der Waals surface area contributed by atoms with Crippen LogP contribution < -0.4 is 0 Å². The molecular weight excluding hydrogens is 320 g/mol. The highest BCUT2D eigenvalue weighted by atomic mass is 32.2. The first-order valence-corrected chi connectivity index (χ1v) is 9.60. The van der Waals surface area contributed by atoms with Crippen molar-refractivity contribution >= 4 is 27.7 Å². The molecule has 1 amide bonds. The average molecular weight is 345 g/mol. The molecule has 1 aromatic rings. The van der Waals surface area contributed by atoms with E-state index in [0.717, 1.165) is 5.56 Å². The highest BCUT2D eigenvalue weighted by molar-refractivity contribution is 7.99. The molecule has 0 atom stereocenters. The van der Waals surface area contributed by atoms with Gasteiger partial charge in [0, 0.05) is 32.9 Å². The van der Waals surface area contributed by atoms with E-state index < -0.39 is 10.0 Å². The zero-order valence-corrected chi connectivity index (χ0v) is 15.4. The number of sulfonamides is 1. The van der Waals surface area contributed by atoms with Crippen molar-refractivity contribution in [2.24, 2.45) is 0 Å². The number of carbonyl (C=O) groups is 1. The Kier molecular flexibility index (Phi) is 6.90. The van der Waals surface area contributed by atoms with Crippen LogP contribution in [0, 0.1) is 0 Å². The number of hydrogen-bond acceptors (Lipinski definition) is 4. The van der Waals surface area contributed by atoms with Gasteiger partial charge >= 0.3 is 0 Å². The van der Waals surface area contributed by atoms with Crippen molar-refractivity contribution < 1.29 is 13.2 Å². The van der Waals surface area contributed by atoms with Gasteiger partial charge in [0.1, 0.15) is 0 Å². The molecule has 0 spiro atoms. The fourth-order valence-electron chi connectivity index (χ4n) is 1.65. The van der Waals surface area contributed by atoms with Crippen LogP contribution in [0.15, 0.2) is 29.2 Å². The quantitative estimate of drug-likeness (QED) is 0.759. The highest BCUT2D eigenvalue weighted by Crippen LogP contribution is 2.19. The van der Waals surface area contributed by atoms with Crippen LogP contribution in [0.1, 0.15) is 19.4 Å². The minimum atomic E-state index is -3.42. The number of nitrogens with zero attached hydrogens (tertiary/aromatic N) is 2. The number of benzene rings is 1. The Bertz CT molecular complexity index is 613. The maximum atomic E-state index is 12.1. The zero-order chi connectivity index (χ0) is 16.9. The van der Waals surface area contributed by atoms with Crippen LogP contribution in [0.5, 0.6) is 0 Å². The van der Waals surface area contributed by atoms with E-state index in [1.807, 2.05) is 19.9 Å². The van der Waals surface area contributed by atoms with E-state index in [0.29, 0.717) is 11.5 Å². The summed E-state index contributed by atoms with van der Waals surface area (Å²) in [4.78, 5) is 13.9. The van der Waals surface area contributed by atoms with E-state index >= 15 is 0 Å². The van der Waals surface area contributed by atoms with Crippen molar-refractivity contribution in [1.29, 1.82) is 0 Å². The lowest BCUT2D eigenvalue weighted by Crippen LogP contribution is -2.34. The number of hydrogen-bond donors (Lipinski definition) is 0. The van der Waals surface area contributed by atoms with Crippen LogP contribution >= 0.6 is 11.8 Å². The monoisotopic (exact) mass is 344 g/mol. The standard InChI is InChI=1S/C15H24N2O3S2/c1-12(2)17(5)15(18)11-21-10-13-7-6-8-14(9-13)22(19,20)16(3)4/h6-9,12H,10-11H2,1-5H3. The molecule has 1 aromatic carbocycles. The van der Waals surface area contributed by atoms with Crippen molar-refractivity contribution in [3.05, 3.63) is 29.8 Å². The topological polar surface area (TPSA) is 57.7 Å². The average Bonchev–Trinajstić information content (AvgIpc) is 2.46. The Labute approximate surface area is 137 Å². The smallest absolute Gasteiger partial charge is 0.242 e. The van der Waals surface area contributed by atoms with Crippen LogP contribution in [-0.4, -0.2) is 56.5 Å². The largest absolute Gasteiger partial charge is 0.343 e. The van der Waals surface area contributed by atoms with Crippen molar-refractivity contribution in [2.75, 3.05) is 26.9 Å². The molecule has 124 valence electrons. The molecule has 0 saturated carbocycles. The van der Waals surface area contributed by atoms with E-state index in [1.54, 1.807) is 30.1 Å². The molecule has 7 heteroatoms. The number of thioether (sulfide) groups is 1. The van der Waals surface area contributed by atoms with E-state index in [4.69, 9.17) is 0 Å². The second-order valence-electron chi connectivity index (χ2n) is 5.53. The molecule has 0 unspecified atom stereocenters. The summed E-state index contributed by atoms with van der Waals surface area (Å²) in [5.74, 6) is 1.07. The van der Waals surface area contributed by atoms with Gasteiger partial charge in [-0.1, -0.05) is 12.1 Å². The van der Waals surface area contributed by atoms with E-state index in [9.17, 15) is 13.2 Å². The summed E-state index contributed by atoms with van der Waals surface area (Å²) < 4.78 is 25.4. The van der Waals surface area contributed by atoms with Gasteiger partial charge in [-0.2, -0.15) is 0 Å². The van der Waals surface area contributed by atoms with Crippen molar-refractivity contribution in [2.45, 2.75) is 30.5 Å². The minimum absolute atomic E-state index is 0.0806. The summed E-state index contributed by atoms with van der Waals surface area (Å²) >= 11 is 1.49. The molecule has 0 N–H and O–H groups in total. The third-order valence-electron chi connectivity index (χ3n) is 3.34. The van der Waals surface area contributed by atoms with Gasteiger partial charge in [-0.15, -0.1) is 11.8 Å². The molecule has 0 aliphatic carbocycles. The summed E-state index contributed by atoms with van der Waals surface area (Å²) in [7, 11) is 1.40. The Morgan fingerprint density at radius 2 is 1.86 bits per heavy atom. The maximum Gasteiger partial charge on any atom is 0.242 e. The highest BCUT2D eigenvalue weighted by Gasteiger charge is 2.17. The van der Waals surface area contributed by atoms with Gasteiger partial charge in [0.05, 0.1) is 10.6 Å². The maximum absolute atomic E-state index is 12.1. The third-order valence-corrected chi connectivity index (χ3v) is 6.14. The molecule has 0 radical (unpaired) electrons. The molecule has 1 rings (SSSR count). The predicted octanol–water partition coefficient (Wildman–Crippen LogP) is 2.04. The van der Waals surface area contributed by atoms with Crippen LogP contribution in [0.25, 0.3) is 0 Å². The van der Waals surface area contributed by atoms with Gasteiger partial charge in [0.25, 0.3) is 0 Å². The lowest BCUT2D eigenvalue weighted by atomic mass is 10.2. The van der Waals surface area contributed by atoms with E-state index in [2.05, 4.69) is 0 Å². The van der Waals surface area contributed by atoms with Gasteiger partial charge < -0.3 is 4.90 Å². The lowest BCUT2D eigenvalue weighted by molar-refractivity contribution is -0.128. The summed E-state index contributed by atoms with van der Waals surface area (Å²) in [6.45, 7) is 3.94. The van der Waals surface area contributed by atoms with Gasteiger partial charge in [0.2, 0.25) is 15.9 Å². The molecule has 0 fully saturated rings. The van der Waals surface area contributed by atoms with Crippen LogP contribution in [0.3, 0.4) is 0 Å². The third kappa shape index (κ3) is 5.00. The number of carbonyl (C=O) groups excluding carboxylic acids is 1. The second kappa shape index (κ2) is 7.99. The van der Waals surface area contributed by atoms with Gasteiger partial charge in [-0.3, -0.25) is 4.79 Å². The predicted molar refractivity (Wildman–Crippen MR) is 91.4 cm³/mol. The van der Waals surface area contributed by atoms with Gasteiger partial charge in [-0.25, -0.2) is 12.7 Å². The molecule has 0 bridgehead atoms. The van der Waals surface area contributed by atoms with Crippen molar-refractivity contribution in [3.8, 4) is 0 Å². The molecule has 0 heterocycles. The molecular formula is C15H24N2O3S2. The molecule has 0 saturated heterocycles. The van der Waals surface area contributed by atoms with E-state index in [-0.39, 0.29) is 16.8 Å². The van der Waals surface area contributed by atoms with Crippen LogP contribution in [0.4, 0.5) is 0 Å².